The highest BCUT2D eigenvalue weighted by Gasteiger charge is 2.41. The minimum atomic E-state index is -3.85. The van der Waals surface area contributed by atoms with Gasteiger partial charge >= 0.3 is 0 Å². The van der Waals surface area contributed by atoms with Crippen LogP contribution in [0.1, 0.15) is 0 Å². The highest BCUT2D eigenvalue weighted by molar-refractivity contribution is 7.99. The zero-order valence-corrected chi connectivity index (χ0v) is 16.1. The van der Waals surface area contributed by atoms with E-state index in [2.05, 4.69) is 0 Å². The summed E-state index contributed by atoms with van der Waals surface area (Å²) in [6.45, 7) is 0.739. The van der Waals surface area contributed by atoms with E-state index in [1.165, 1.54) is 22.5 Å². The van der Waals surface area contributed by atoms with Crippen molar-refractivity contribution in [2.24, 2.45) is 0 Å². The van der Waals surface area contributed by atoms with Crippen molar-refractivity contribution in [2.75, 3.05) is 39.7 Å². The topological polar surface area (TPSA) is 74.8 Å². The molecule has 2 atom stereocenters. The molecule has 1 aromatic rings. The lowest BCUT2D eigenvalue weighted by Crippen LogP contribution is -2.37. The molecule has 0 radical (unpaired) electrons. The number of sulfone groups is 1. The van der Waals surface area contributed by atoms with Gasteiger partial charge in [0.15, 0.2) is 9.84 Å². The van der Waals surface area contributed by atoms with Crippen LogP contribution in [0.5, 0.6) is 0 Å². The van der Waals surface area contributed by atoms with Crippen LogP contribution < -0.4 is 0 Å². The van der Waals surface area contributed by atoms with Crippen molar-refractivity contribution >= 4 is 31.6 Å². The number of rotatable bonds is 5. The first-order valence-electron chi connectivity index (χ1n) is 7.07. The molecule has 1 aromatic carbocycles. The molecule has 1 fully saturated rings. The number of likely N-dealkylation sites (N-methyl/N-ethyl adjacent to an activating group) is 1. The molecule has 0 amide bonds. The predicted molar refractivity (Wildman–Crippen MR) is 93.1 cm³/mol. The summed E-state index contributed by atoms with van der Waals surface area (Å²) in [7, 11) is -3.61. The fourth-order valence-electron chi connectivity index (χ4n) is 2.76. The zero-order chi connectivity index (χ0) is 17.4. The molecule has 1 aliphatic rings. The maximum absolute atomic E-state index is 13.0. The van der Waals surface area contributed by atoms with Crippen molar-refractivity contribution in [1.82, 2.24) is 9.21 Å². The van der Waals surface area contributed by atoms with Crippen molar-refractivity contribution in [3.05, 3.63) is 24.3 Å². The Hall–Kier alpha value is -0.610. The average Bonchev–Trinajstić information content (AvgIpc) is 2.91. The molecule has 0 unspecified atom stereocenters. The Bertz CT molecular complexity index is 775. The first-order chi connectivity index (χ1) is 10.6. The van der Waals surface area contributed by atoms with E-state index in [1.54, 1.807) is 17.8 Å². The van der Waals surface area contributed by atoms with Crippen LogP contribution in [0.15, 0.2) is 34.1 Å². The van der Waals surface area contributed by atoms with Crippen molar-refractivity contribution in [1.29, 1.82) is 0 Å². The molecule has 0 spiro atoms. The van der Waals surface area contributed by atoms with Crippen molar-refractivity contribution < 1.29 is 16.8 Å². The molecule has 9 heteroatoms. The summed E-state index contributed by atoms with van der Waals surface area (Å²) in [4.78, 5) is 1.73. The summed E-state index contributed by atoms with van der Waals surface area (Å²) in [6.07, 6.45) is 2.99. The Kier molecular flexibility index (Phi) is 5.47. The largest absolute Gasteiger partial charge is 0.304 e. The quantitative estimate of drug-likeness (QED) is 0.753. The van der Waals surface area contributed by atoms with Crippen molar-refractivity contribution in [3.8, 4) is 0 Å². The van der Waals surface area contributed by atoms with Gasteiger partial charge < -0.3 is 4.90 Å². The predicted octanol–water partition coefficient (Wildman–Crippen LogP) is 0.756. The van der Waals surface area contributed by atoms with Crippen LogP contribution in [-0.2, 0) is 19.9 Å². The Balaban J connectivity index is 2.45. The maximum Gasteiger partial charge on any atom is 0.244 e. The van der Waals surface area contributed by atoms with E-state index in [4.69, 9.17) is 0 Å². The summed E-state index contributed by atoms with van der Waals surface area (Å²) in [5, 5.41) is 0.158. The van der Waals surface area contributed by atoms with E-state index in [0.717, 1.165) is 6.26 Å². The molecule has 0 N–H and O–H groups in total. The van der Waals surface area contributed by atoms with E-state index >= 15 is 0 Å². The molecule has 0 aromatic heterocycles. The van der Waals surface area contributed by atoms with Gasteiger partial charge in [-0.3, -0.25) is 0 Å². The fourth-order valence-corrected chi connectivity index (χ4v) is 6.91. The molecule has 0 aliphatic carbocycles. The third-order valence-corrected chi connectivity index (χ3v) is 8.28. The Morgan fingerprint density at radius 3 is 2.09 bits per heavy atom. The van der Waals surface area contributed by atoms with Crippen LogP contribution in [0.4, 0.5) is 0 Å². The van der Waals surface area contributed by atoms with Gasteiger partial charge in [-0.15, -0.1) is 0 Å². The summed E-state index contributed by atoms with van der Waals surface area (Å²) in [5.41, 5.74) is 0. The number of nitrogens with zero attached hydrogens (tertiary/aromatic N) is 2. The Labute approximate surface area is 142 Å². The first-order valence-corrected chi connectivity index (χ1v) is 11.7. The molecule has 0 bridgehead atoms. The third-order valence-electron chi connectivity index (χ3n) is 4.04. The van der Waals surface area contributed by atoms with E-state index in [1.807, 2.05) is 25.3 Å². The van der Waals surface area contributed by atoms with Gasteiger partial charge in [0, 0.05) is 30.6 Å². The van der Waals surface area contributed by atoms with E-state index in [-0.39, 0.29) is 21.1 Å². The van der Waals surface area contributed by atoms with Gasteiger partial charge in [0.1, 0.15) is 4.90 Å². The van der Waals surface area contributed by atoms with Gasteiger partial charge in [-0.2, -0.15) is 16.1 Å². The van der Waals surface area contributed by atoms with Crippen LogP contribution in [0.25, 0.3) is 0 Å². The molecule has 130 valence electrons. The molecular weight excluding hydrogens is 356 g/mol. The van der Waals surface area contributed by atoms with Crippen LogP contribution in [-0.4, -0.2) is 77.0 Å². The SMILES string of the molecule is CS[C@@H]1CN(S(=O)(=O)c2ccccc2S(C)(=O)=O)C[C@@H]1N(C)C. The molecule has 1 aliphatic heterocycles. The van der Waals surface area contributed by atoms with Gasteiger partial charge in [-0.05, 0) is 32.5 Å². The highest BCUT2D eigenvalue weighted by atomic mass is 32.2. The number of sulfonamides is 1. The number of hydrogen-bond acceptors (Lipinski definition) is 6. The normalized spacial score (nSPS) is 23.5. The first kappa shape index (κ1) is 18.7. The van der Waals surface area contributed by atoms with Crippen molar-refractivity contribution in [2.45, 2.75) is 21.1 Å². The average molecular weight is 379 g/mol. The Morgan fingerprint density at radius 1 is 1.09 bits per heavy atom. The van der Waals surface area contributed by atoms with Gasteiger partial charge in [0.2, 0.25) is 10.0 Å². The molecule has 6 nitrogen and oxygen atoms in total. The molecule has 2 rings (SSSR count). The molecule has 23 heavy (non-hydrogen) atoms. The molecule has 1 saturated heterocycles. The van der Waals surface area contributed by atoms with Crippen LogP contribution in [0, 0.1) is 0 Å². The van der Waals surface area contributed by atoms with Crippen LogP contribution in [0.2, 0.25) is 0 Å². The second-order valence-corrected chi connectivity index (χ2v) is 10.8. The minimum Gasteiger partial charge on any atom is -0.304 e. The van der Waals surface area contributed by atoms with Crippen molar-refractivity contribution in [3.63, 3.8) is 0 Å². The van der Waals surface area contributed by atoms with E-state index < -0.39 is 19.9 Å². The van der Waals surface area contributed by atoms with Gasteiger partial charge in [-0.1, -0.05) is 12.1 Å². The third kappa shape index (κ3) is 3.74. The summed E-state index contributed by atoms with van der Waals surface area (Å²) in [5.74, 6) is 0. The lowest BCUT2D eigenvalue weighted by atomic mass is 10.2. The highest BCUT2D eigenvalue weighted by Crippen LogP contribution is 2.31. The Morgan fingerprint density at radius 2 is 1.65 bits per heavy atom. The summed E-state index contributed by atoms with van der Waals surface area (Å²) < 4.78 is 51.1. The van der Waals surface area contributed by atoms with Gasteiger partial charge in [-0.25, -0.2) is 16.8 Å². The zero-order valence-electron chi connectivity index (χ0n) is 13.6. The lowest BCUT2D eigenvalue weighted by molar-refractivity contribution is 0.306. The number of hydrogen-bond donors (Lipinski definition) is 0. The summed E-state index contributed by atoms with van der Waals surface area (Å²) in [6, 6.07) is 5.89. The second kappa shape index (κ2) is 6.72. The van der Waals surface area contributed by atoms with Crippen LogP contribution in [0.3, 0.4) is 0 Å². The molecular formula is C14H22N2O4S3. The van der Waals surface area contributed by atoms with E-state index in [0.29, 0.717) is 13.1 Å². The maximum atomic E-state index is 13.0. The molecule has 1 heterocycles. The standard InChI is InChI=1S/C14H22N2O4S3/c1-15(2)11-9-16(10-12(11)21-3)23(19,20)14-8-6-5-7-13(14)22(4,17)18/h5-8,11-12H,9-10H2,1-4H3/t11-,12+/m0/s1. The van der Waals surface area contributed by atoms with Gasteiger partial charge in [0.25, 0.3) is 0 Å². The number of benzene rings is 1. The van der Waals surface area contributed by atoms with Gasteiger partial charge in [0.05, 0.1) is 4.90 Å². The summed E-state index contributed by atoms with van der Waals surface area (Å²) >= 11 is 1.63. The lowest BCUT2D eigenvalue weighted by Gasteiger charge is -2.23. The minimum absolute atomic E-state index is 0.102. The molecule has 0 saturated carbocycles. The monoisotopic (exact) mass is 378 g/mol. The number of thioether (sulfide) groups is 1. The van der Waals surface area contributed by atoms with Crippen LogP contribution >= 0.6 is 11.8 Å². The second-order valence-electron chi connectivity index (χ2n) is 5.85. The smallest absolute Gasteiger partial charge is 0.244 e. The fraction of sp³-hybridized carbons (Fsp3) is 0.571. The van der Waals surface area contributed by atoms with E-state index in [9.17, 15) is 16.8 Å².